The van der Waals surface area contributed by atoms with Crippen LogP contribution >= 0.6 is 11.6 Å². The topological polar surface area (TPSA) is 44.8 Å². The Morgan fingerprint density at radius 3 is 2.44 bits per heavy atom. The summed E-state index contributed by atoms with van der Waals surface area (Å²) in [6.07, 6.45) is -0.823. The number of hydrogen-bond donors (Lipinski definition) is 0. The molecule has 4 nitrogen and oxygen atoms in total. The maximum absolute atomic E-state index is 10.5. The molecule has 86 valence electrons. The average molecular weight is 243 g/mol. The molecule has 5 heteroatoms. The number of hydrogen-bond acceptors (Lipinski definition) is 4. The summed E-state index contributed by atoms with van der Waals surface area (Å²) < 4.78 is 15.6. The molecule has 0 spiro atoms. The van der Waals surface area contributed by atoms with Crippen molar-refractivity contribution in [2.75, 3.05) is 13.2 Å². The lowest BCUT2D eigenvalue weighted by atomic mass is 10.2. The Balaban J connectivity index is 1.88. The fraction of sp³-hybridized carbons (Fsp3) is 0.364. The van der Waals surface area contributed by atoms with Crippen molar-refractivity contribution in [3.05, 3.63) is 35.9 Å². The number of benzene rings is 1. The van der Waals surface area contributed by atoms with Crippen molar-refractivity contribution < 1.29 is 19.0 Å². The van der Waals surface area contributed by atoms with Gasteiger partial charge in [-0.3, -0.25) is 0 Å². The van der Waals surface area contributed by atoms with Gasteiger partial charge in [-0.15, -0.1) is 0 Å². The van der Waals surface area contributed by atoms with Crippen LogP contribution in [0.5, 0.6) is 0 Å². The Bertz CT molecular complexity index is 346. The summed E-state index contributed by atoms with van der Waals surface area (Å²) >= 11 is 5.09. The Morgan fingerprint density at radius 2 is 1.88 bits per heavy atom. The molecule has 0 saturated carbocycles. The second-order valence-electron chi connectivity index (χ2n) is 3.39. The van der Waals surface area contributed by atoms with E-state index in [9.17, 15) is 4.79 Å². The maximum atomic E-state index is 10.5. The highest BCUT2D eigenvalue weighted by Crippen LogP contribution is 2.23. The highest BCUT2D eigenvalue weighted by molar-refractivity contribution is 6.61. The summed E-state index contributed by atoms with van der Waals surface area (Å²) in [5, 5.41) is 0. The van der Waals surface area contributed by atoms with E-state index in [1.807, 2.05) is 30.3 Å². The summed E-state index contributed by atoms with van der Waals surface area (Å²) in [6.45, 7) is 0.579. The molecule has 1 aliphatic rings. The average Bonchev–Trinajstić information content (AvgIpc) is 2.30. The van der Waals surface area contributed by atoms with Crippen molar-refractivity contribution in [2.45, 2.75) is 12.4 Å². The van der Waals surface area contributed by atoms with Crippen LogP contribution in [-0.2, 0) is 14.2 Å². The monoisotopic (exact) mass is 242 g/mol. The van der Waals surface area contributed by atoms with Gasteiger partial charge < -0.3 is 14.2 Å². The molecular weight excluding hydrogens is 232 g/mol. The van der Waals surface area contributed by atoms with Crippen molar-refractivity contribution in [3.8, 4) is 0 Å². The quantitative estimate of drug-likeness (QED) is 0.748. The molecule has 1 aliphatic heterocycles. The molecule has 0 N–H and O–H groups in total. The van der Waals surface area contributed by atoms with Gasteiger partial charge >= 0.3 is 5.43 Å². The summed E-state index contributed by atoms with van der Waals surface area (Å²) in [7, 11) is 0. The molecule has 0 bridgehead atoms. The highest BCUT2D eigenvalue weighted by atomic mass is 35.5. The second kappa shape index (κ2) is 5.30. The number of halogens is 1. The molecule has 0 unspecified atom stereocenters. The minimum absolute atomic E-state index is 0.290. The Kier molecular flexibility index (Phi) is 3.77. The predicted molar refractivity (Wildman–Crippen MR) is 57.2 cm³/mol. The van der Waals surface area contributed by atoms with E-state index in [0.717, 1.165) is 5.56 Å². The van der Waals surface area contributed by atoms with Crippen molar-refractivity contribution in [2.24, 2.45) is 0 Å². The molecule has 1 fully saturated rings. The van der Waals surface area contributed by atoms with E-state index in [-0.39, 0.29) is 13.2 Å². The first-order valence-electron chi connectivity index (χ1n) is 4.90. The molecule has 1 saturated heterocycles. The van der Waals surface area contributed by atoms with Crippen LogP contribution in [0.25, 0.3) is 0 Å². The van der Waals surface area contributed by atoms with Crippen LogP contribution in [-0.4, -0.2) is 24.7 Å². The first-order chi connectivity index (χ1) is 7.75. The van der Waals surface area contributed by atoms with Crippen LogP contribution < -0.4 is 0 Å². The van der Waals surface area contributed by atoms with E-state index >= 15 is 0 Å². The van der Waals surface area contributed by atoms with Gasteiger partial charge in [0, 0.05) is 17.2 Å². The van der Waals surface area contributed by atoms with E-state index in [1.165, 1.54) is 0 Å². The zero-order chi connectivity index (χ0) is 11.4. The SMILES string of the molecule is O=C(Cl)OC1COC(c2ccccc2)OC1. The summed E-state index contributed by atoms with van der Waals surface area (Å²) in [5.41, 5.74) is 0.105. The molecule has 0 aliphatic carbocycles. The second-order valence-corrected chi connectivity index (χ2v) is 3.70. The smallest absolute Gasteiger partial charge is 0.404 e. The third kappa shape index (κ3) is 2.95. The molecule has 0 radical (unpaired) electrons. The van der Waals surface area contributed by atoms with Crippen LogP contribution in [0, 0.1) is 0 Å². The van der Waals surface area contributed by atoms with Gasteiger partial charge in [0.05, 0.1) is 13.2 Å². The Labute approximate surface area is 98.1 Å². The Morgan fingerprint density at radius 1 is 1.25 bits per heavy atom. The van der Waals surface area contributed by atoms with Gasteiger partial charge in [0.15, 0.2) is 6.29 Å². The van der Waals surface area contributed by atoms with Gasteiger partial charge in [-0.1, -0.05) is 30.3 Å². The summed E-state index contributed by atoms with van der Waals surface area (Å²) in [6, 6.07) is 9.57. The third-order valence-electron chi connectivity index (χ3n) is 2.20. The predicted octanol–water partition coefficient (Wildman–Crippen LogP) is 2.48. The van der Waals surface area contributed by atoms with Crippen LogP contribution in [0.15, 0.2) is 30.3 Å². The lowest BCUT2D eigenvalue weighted by Gasteiger charge is -2.28. The van der Waals surface area contributed by atoms with Gasteiger partial charge in [-0.25, -0.2) is 4.79 Å². The zero-order valence-corrected chi connectivity index (χ0v) is 9.22. The molecule has 1 heterocycles. The van der Waals surface area contributed by atoms with Gasteiger partial charge in [0.1, 0.15) is 6.10 Å². The molecule has 1 aromatic rings. The van der Waals surface area contributed by atoms with E-state index < -0.39 is 17.8 Å². The zero-order valence-electron chi connectivity index (χ0n) is 8.47. The van der Waals surface area contributed by atoms with Gasteiger partial charge in [-0.05, 0) is 0 Å². The highest BCUT2D eigenvalue weighted by Gasteiger charge is 2.25. The molecule has 0 amide bonds. The summed E-state index contributed by atoms with van der Waals surface area (Å²) in [4.78, 5) is 10.5. The van der Waals surface area contributed by atoms with E-state index in [0.29, 0.717) is 0 Å². The van der Waals surface area contributed by atoms with E-state index in [1.54, 1.807) is 0 Å². The van der Waals surface area contributed by atoms with Gasteiger partial charge in [-0.2, -0.15) is 0 Å². The van der Waals surface area contributed by atoms with E-state index in [2.05, 4.69) is 0 Å². The minimum atomic E-state index is -0.838. The lowest BCUT2D eigenvalue weighted by Crippen LogP contribution is -2.34. The number of carbonyl (C=O) groups excluding carboxylic acids is 1. The van der Waals surface area contributed by atoms with Crippen LogP contribution in [0.3, 0.4) is 0 Å². The van der Waals surface area contributed by atoms with Crippen molar-refractivity contribution in [1.82, 2.24) is 0 Å². The molecular formula is C11H11ClO4. The third-order valence-corrected chi connectivity index (χ3v) is 2.29. The molecule has 16 heavy (non-hydrogen) atoms. The van der Waals surface area contributed by atoms with Crippen molar-refractivity contribution >= 4 is 17.0 Å². The first-order valence-corrected chi connectivity index (χ1v) is 5.28. The maximum Gasteiger partial charge on any atom is 0.404 e. The fourth-order valence-corrected chi connectivity index (χ4v) is 1.61. The summed E-state index contributed by atoms with van der Waals surface area (Å²) in [5.74, 6) is 0. The van der Waals surface area contributed by atoms with Gasteiger partial charge in [0.25, 0.3) is 0 Å². The van der Waals surface area contributed by atoms with Crippen molar-refractivity contribution in [1.29, 1.82) is 0 Å². The minimum Gasteiger partial charge on any atom is -0.445 e. The van der Waals surface area contributed by atoms with Crippen LogP contribution in [0.4, 0.5) is 4.79 Å². The molecule has 0 atom stereocenters. The largest absolute Gasteiger partial charge is 0.445 e. The lowest BCUT2D eigenvalue weighted by molar-refractivity contribution is -0.219. The normalized spacial score (nSPS) is 25.1. The van der Waals surface area contributed by atoms with Crippen molar-refractivity contribution in [3.63, 3.8) is 0 Å². The van der Waals surface area contributed by atoms with Crippen LogP contribution in [0.2, 0.25) is 0 Å². The number of rotatable bonds is 2. The number of carbonyl (C=O) groups is 1. The molecule has 0 aromatic heterocycles. The Hall–Kier alpha value is -1.10. The fourth-order valence-electron chi connectivity index (χ4n) is 1.49. The standard InChI is InChI=1S/C11H11ClO4/c12-11(13)16-9-6-14-10(15-7-9)8-4-2-1-3-5-8/h1-5,9-10H,6-7H2. The first kappa shape index (κ1) is 11.4. The van der Waals surface area contributed by atoms with E-state index in [4.69, 9.17) is 25.8 Å². The van der Waals surface area contributed by atoms with Gasteiger partial charge in [0.2, 0.25) is 0 Å². The molecule has 1 aromatic carbocycles. The van der Waals surface area contributed by atoms with Crippen LogP contribution in [0.1, 0.15) is 11.9 Å². The molecule has 2 rings (SSSR count). The number of ether oxygens (including phenoxy) is 3.